The SMILES string of the molecule is CCCCCOn1c(=O)[nH]c(=O)[nH]c1=O. The molecule has 0 spiro atoms. The van der Waals surface area contributed by atoms with E-state index in [0.717, 1.165) is 19.3 Å². The third kappa shape index (κ3) is 3.12. The fraction of sp³-hybridized carbons (Fsp3) is 0.625. The summed E-state index contributed by atoms with van der Waals surface area (Å²) >= 11 is 0. The van der Waals surface area contributed by atoms with E-state index in [1.807, 2.05) is 16.9 Å². The van der Waals surface area contributed by atoms with E-state index in [4.69, 9.17) is 4.84 Å². The molecule has 0 bridgehead atoms. The number of nitrogens with zero attached hydrogens (tertiary/aromatic N) is 1. The van der Waals surface area contributed by atoms with Crippen molar-refractivity contribution >= 4 is 0 Å². The average Bonchev–Trinajstić information content (AvgIpc) is 2.15. The van der Waals surface area contributed by atoms with E-state index < -0.39 is 17.1 Å². The Bertz CT molecular complexity index is 436. The zero-order chi connectivity index (χ0) is 11.3. The Balaban J connectivity index is 2.74. The molecule has 7 nitrogen and oxygen atoms in total. The maximum absolute atomic E-state index is 11.1. The molecule has 7 heteroatoms. The molecule has 0 aliphatic carbocycles. The van der Waals surface area contributed by atoms with Gasteiger partial charge in [0.25, 0.3) is 0 Å². The third-order valence-corrected chi connectivity index (χ3v) is 1.78. The molecule has 1 heterocycles. The minimum absolute atomic E-state index is 0.267. The highest BCUT2D eigenvalue weighted by atomic mass is 16.7. The van der Waals surface area contributed by atoms with Crippen molar-refractivity contribution in [3.8, 4) is 0 Å². The zero-order valence-corrected chi connectivity index (χ0v) is 8.41. The highest BCUT2D eigenvalue weighted by Crippen LogP contribution is 1.90. The van der Waals surface area contributed by atoms with Crippen LogP contribution in [0, 0.1) is 0 Å². The molecule has 0 unspecified atom stereocenters. The molecule has 2 N–H and O–H groups in total. The van der Waals surface area contributed by atoms with Crippen LogP contribution in [0.3, 0.4) is 0 Å². The van der Waals surface area contributed by atoms with Crippen molar-refractivity contribution in [2.24, 2.45) is 0 Å². The predicted molar refractivity (Wildman–Crippen MR) is 52.9 cm³/mol. The van der Waals surface area contributed by atoms with Crippen molar-refractivity contribution in [3.05, 3.63) is 31.5 Å². The highest BCUT2D eigenvalue weighted by Gasteiger charge is 2.02. The predicted octanol–water partition coefficient (Wildman–Crippen LogP) is -1.16. The number of hydrogen-bond acceptors (Lipinski definition) is 4. The normalized spacial score (nSPS) is 10.2. The molecule has 0 fully saturated rings. The maximum atomic E-state index is 11.1. The molecular formula is C8H13N3O4. The summed E-state index contributed by atoms with van der Waals surface area (Å²) in [6.07, 6.45) is 2.72. The van der Waals surface area contributed by atoms with Gasteiger partial charge < -0.3 is 4.84 Å². The topological polar surface area (TPSA) is 96.9 Å². The number of aromatic nitrogens is 3. The molecule has 0 aliphatic rings. The Labute approximate surface area is 84.7 Å². The summed E-state index contributed by atoms with van der Waals surface area (Å²) in [6, 6.07) is 0. The number of aromatic amines is 2. The van der Waals surface area contributed by atoms with Crippen molar-refractivity contribution in [1.29, 1.82) is 0 Å². The van der Waals surface area contributed by atoms with Crippen molar-refractivity contribution in [2.45, 2.75) is 26.2 Å². The van der Waals surface area contributed by atoms with Crippen molar-refractivity contribution in [3.63, 3.8) is 0 Å². The minimum atomic E-state index is -0.861. The smallest absolute Gasteiger partial charge is 0.367 e. The van der Waals surface area contributed by atoms with Gasteiger partial charge in [0.05, 0.1) is 0 Å². The van der Waals surface area contributed by atoms with E-state index in [2.05, 4.69) is 0 Å². The van der Waals surface area contributed by atoms with Crippen LogP contribution in [0.25, 0.3) is 0 Å². The molecule has 0 aromatic carbocycles. The summed E-state index contributed by atoms with van der Waals surface area (Å²) < 4.78 is 0.511. The third-order valence-electron chi connectivity index (χ3n) is 1.78. The van der Waals surface area contributed by atoms with E-state index in [1.54, 1.807) is 0 Å². The molecule has 0 saturated heterocycles. The van der Waals surface area contributed by atoms with Gasteiger partial charge in [0.1, 0.15) is 6.61 Å². The monoisotopic (exact) mass is 215 g/mol. The molecule has 84 valence electrons. The summed E-state index contributed by atoms with van der Waals surface area (Å²) in [5.74, 6) is 0. The van der Waals surface area contributed by atoms with E-state index >= 15 is 0 Å². The highest BCUT2D eigenvalue weighted by molar-refractivity contribution is 4.64. The lowest BCUT2D eigenvalue weighted by atomic mass is 10.3. The molecule has 0 radical (unpaired) electrons. The number of rotatable bonds is 5. The van der Waals surface area contributed by atoms with Crippen LogP contribution in [0.5, 0.6) is 0 Å². The first kappa shape index (κ1) is 11.3. The van der Waals surface area contributed by atoms with Gasteiger partial charge in [0.15, 0.2) is 0 Å². The van der Waals surface area contributed by atoms with Crippen LogP contribution in [-0.4, -0.2) is 21.3 Å². The molecule has 1 aromatic rings. The van der Waals surface area contributed by atoms with Gasteiger partial charge in [-0.05, 0) is 6.42 Å². The molecule has 0 atom stereocenters. The van der Waals surface area contributed by atoms with Crippen LogP contribution in [-0.2, 0) is 0 Å². The lowest BCUT2D eigenvalue weighted by Gasteiger charge is -2.04. The summed E-state index contributed by atoms with van der Waals surface area (Å²) in [4.78, 5) is 41.5. The molecule has 0 saturated carbocycles. The first-order chi connectivity index (χ1) is 7.15. The quantitative estimate of drug-likeness (QED) is 0.605. The summed E-state index contributed by atoms with van der Waals surface area (Å²) in [6.45, 7) is 2.29. The van der Waals surface area contributed by atoms with Gasteiger partial charge in [0, 0.05) is 0 Å². The molecule has 15 heavy (non-hydrogen) atoms. The summed E-state index contributed by atoms with van der Waals surface area (Å²) in [5.41, 5.74) is -2.56. The summed E-state index contributed by atoms with van der Waals surface area (Å²) in [5, 5.41) is 0. The van der Waals surface area contributed by atoms with Crippen LogP contribution in [0.15, 0.2) is 14.4 Å². The van der Waals surface area contributed by atoms with Gasteiger partial charge in [-0.2, -0.15) is 0 Å². The van der Waals surface area contributed by atoms with Gasteiger partial charge in [0.2, 0.25) is 0 Å². The zero-order valence-electron chi connectivity index (χ0n) is 8.41. The van der Waals surface area contributed by atoms with Crippen molar-refractivity contribution in [1.82, 2.24) is 14.7 Å². The van der Waals surface area contributed by atoms with E-state index in [1.165, 1.54) is 0 Å². The molecule has 0 aliphatic heterocycles. The van der Waals surface area contributed by atoms with Gasteiger partial charge in [-0.25, -0.2) is 14.4 Å². The van der Waals surface area contributed by atoms with Gasteiger partial charge in [-0.1, -0.05) is 24.5 Å². The lowest BCUT2D eigenvalue weighted by Crippen LogP contribution is -2.46. The minimum Gasteiger partial charge on any atom is -0.405 e. The number of H-pyrrole nitrogens is 2. The molecule has 1 aromatic heterocycles. The summed E-state index contributed by atoms with van der Waals surface area (Å²) in [7, 11) is 0. The number of hydrogen-bond donors (Lipinski definition) is 2. The van der Waals surface area contributed by atoms with E-state index in [-0.39, 0.29) is 6.61 Å². The van der Waals surface area contributed by atoms with Crippen LogP contribution in [0.1, 0.15) is 26.2 Å². The lowest BCUT2D eigenvalue weighted by molar-refractivity contribution is 0.0841. The van der Waals surface area contributed by atoms with Gasteiger partial charge >= 0.3 is 17.1 Å². The number of nitrogens with one attached hydrogen (secondary N) is 2. The number of unbranched alkanes of at least 4 members (excludes halogenated alkanes) is 2. The second-order valence-corrected chi connectivity index (χ2v) is 3.02. The van der Waals surface area contributed by atoms with Crippen molar-refractivity contribution < 1.29 is 4.84 Å². The van der Waals surface area contributed by atoms with Crippen LogP contribution in [0.2, 0.25) is 0 Å². The Hall–Kier alpha value is -1.79. The van der Waals surface area contributed by atoms with Gasteiger partial charge in [-0.15, -0.1) is 0 Å². The van der Waals surface area contributed by atoms with E-state index in [9.17, 15) is 14.4 Å². The second kappa shape index (κ2) is 5.18. The fourth-order valence-corrected chi connectivity index (χ4v) is 1.04. The van der Waals surface area contributed by atoms with Crippen molar-refractivity contribution in [2.75, 3.05) is 6.61 Å². The van der Waals surface area contributed by atoms with Gasteiger partial charge in [-0.3, -0.25) is 9.97 Å². The fourth-order valence-electron chi connectivity index (χ4n) is 1.04. The maximum Gasteiger partial charge on any atom is 0.367 e. The Morgan fingerprint density at radius 1 is 1.13 bits per heavy atom. The Morgan fingerprint density at radius 3 is 2.27 bits per heavy atom. The standard InChI is InChI=1S/C8H13N3O4/c1-2-3-4-5-15-11-7(13)9-6(12)10-8(11)14/h2-5H2,1H3,(H2,9,10,12,13,14). The Morgan fingerprint density at radius 2 is 1.73 bits per heavy atom. The van der Waals surface area contributed by atoms with E-state index in [0.29, 0.717) is 4.73 Å². The molecule has 1 rings (SSSR count). The first-order valence-corrected chi connectivity index (χ1v) is 4.74. The average molecular weight is 215 g/mol. The molecule has 0 amide bonds. The Kier molecular flexibility index (Phi) is 3.90. The second-order valence-electron chi connectivity index (χ2n) is 3.02. The largest absolute Gasteiger partial charge is 0.405 e. The first-order valence-electron chi connectivity index (χ1n) is 4.74. The van der Waals surface area contributed by atoms with Crippen LogP contribution >= 0.6 is 0 Å². The molecular weight excluding hydrogens is 202 g/mol. The van der Waals surface area contributed by atoms with Crippen LogP contribution in [0.4, 0.5) is 0 Å². The van der Waals surface area contributed by atoms with Crippen LogP contribution < -0.4 is 21.9 Å².